The van der Waals surface area contributed by atoms with E-state index in [1.165, 1.54) is 11.3 Å². The molecule has 0 radical (unpaired) electrons. The minimum Gasteiger partial charge on any atom is -0.376 e. The van der Waals surface area contributed by atoms with Crippen LogP contribution in [0.3, 0.4) is 0 Å². The van der Waals surface area contributed by atoms with E-state index in [0.717, 1.165) is 25.0 Å². The summed E-state index contributed by atoms with van der Waals surface area (Å²) in [6.07, 6.45) is 5.44. The number of amides is 1. The molecule has 0 aliphatic carbocycles. The first-order valence-corrected chi connectivity index (χ1v) is 8.77. The fourth-order valence-corrected chi connectivity index (χ4v) is 3.21. The zero-order chi connectivity index (χ0) is 17.1. The van der Waals surface area contributed by atoms with Gasteiger partial charge in [-0.1, -0.05) is 5.16 Å². The van der Waals surface area contributed by atoms with Gasteiger partial charge in [0.1, 0.15) is 5.69 Å². The lowest BCUT2D eigenvalue weighted by molar-refractivity contribution is 0.0857. The van der Waals surface area contributed by atoms with Gasteiger partial charge in [-0.3, -0.25) is 9.78 Å². The number of thiazole rings is 1. The standard InChI is InChI=1S/C16H15N5O3S/c22-14(18-8-11-4-2-6-23-11)16-19-12(9-25-16)15-20-13(21-24-15)10-3-1-5-17-7-10/h1,3,5,7,9,11H,2,4,6,8H2,(H,18,22)/t11-/m1/s1. The van der Waals surface area contributed by atoms with Crippen LogP contribution < -0.4 is 5.32 Å². The van der Waals surface area contributed by atoms with Crippen molar-refractivity contribution in [2.75, 3.05) is 13.2 Å². The molecule has 1 N–H and O–H groups in total. The highest BCUT2D eigenvalue weighted by Gasteiger charge is 2.20. The topological polar surface area (TPSA) is 103 Å². The van der Waals surface area contributed by atoms with Crippen LogP contribution in [0.25, 0.3) is 23.0 Å². The van der Waals surface area contributed by atoms with Crippen LogP contribution >= 0.6 is 11.3 Å². The molecule has 128 valence electrons. The van der Waals surface area contributed by atoms with E-state index in [0.29, 0.717) is 23.1 Å². The predicted octanol–water partition coefficient (Wildman–Crippen LogP) is 2.16. The molecule has 0 saturated carbocycles. The lowest BCUT2D eigenvalue weighted by atomic mass is 10.2. The molecular formula is C16H15N5O3S. The number of pyridine rings is 1. The van der Waals surface area contributed by atoms with Crippen molar-refractivity contribution in [3.05, 3.63) is 34.9 Å². The summed E-state index contributed by atoms with van der Waals surface area (Å²) in [6.45, 7) is 1.26. The number of nitrogens with zero attached hydrogens (tertiary/aromatic N) is 4. The van der Waals surface area contributed by atoms with Crippen LogP contribution in [0.5, 0.6) is 0 Å². The van der Waals surface area contributed by atoms with Crippen LogP contribution in [-0.4, -0.2) is 45.3 Å². The summed E-state index contributed by atoms with van der Waals surface area (Å²) < 4.78 is 10.7. The lowest BCUT2D eigenvalue weighted by Crippen LogP contribution is -2.31. The maximum atomic E-state index is 12.2. The number of hydrogen-bond donors (Lipinski definition) is 1. The van der Waals surface area contributed by atoms with Crippen molar-refractivity contribution in [3.63, 3.8) is 0 Å². The second kappa shape index (κ2) is 7.08. The highest BCUT2D eigenvalue weighted by molar-refractivity contribution is 7.12. The van der Waals surface area contributed by atoms with Gasteiger partial charge in [-0.15, -0.1) is 11.3 Å². The first kappa shape index (κ1) is 15.9. The minimum atomic E-state index is -0.223. The summed E-state index contributed by atoms with van der Waals surface area (Å²) in [7, 11) is 0. The number of rotatable bonds is 5. The van der Waals surface area contributed by atoms with Gasteiger partial charge < -0.3 is 14.6 Å². The third kappa shape index (κ3) is 3.57. The Hall–Kier alpha value is -2.65. The van der Waals surface area contributed by atoms with Crippen LogP contribution in [0.2, 0.25) is 0 Å². The molecular weight excluding hydrogens is 342 g/mol. The van der Waals surface area contributed by atoms with E-state index < -0.39 is 0 Å². The number of carbonyl (C=O) groups is 1. The molecule has 1 aliphatic rings. The van der Waals surface area contributed by atoms with Crippen molar-refractivity contribution in [3.8, 4) is 23.0 Å². The van der Waals surface area contributed by atoms with E-state index in [9.17, 15) is 4.79 Å². The molecule has 9 heteroatoms. The molecule has 1 amide bonds. The Morgan fingerprint density at radius 2 is 2.36 bits per heavy atom. The van der Waals surface area contributed by atoms with Gasteiger partial charge >= 0.3 is 0 Å². The van der Waals surface area contributed by atoms with E-state index in [1.807, 2.05) is 6.07 Å². The molecule has 3 aromatic rings. The molecule has 0 unspecified atom stereocenters. The van der Waals surface area contributed by atoms with Crippen LogP contribution in [-0.2, 0) is 4.74 Å². The van der Waals surface area contributed by atoms with Crippen LogP contribution in [0.1, 0.15) is 22.6 Å². The molecule has 0 bridgehead atoms. The Morgan fingerprint density at radius 1 is 1.40 bits per heavy atom. The molecule has 1 fully saturated rings. The molecule has 8 nitrogen and oxygen atoms in total. The molecule has 4 heterocycles. The summed E-state index contributed by atoms with van der Waals surface area (Å²) >= 11 is 1.24. The maximum absolute atomic E-state index is 12.2. The summed E-state index contributed by atoms with van der Waals surface area (Å²) in [5.41, 5.74) is 1.23. The largest absolute Gasteiger partial charge is 0.376 e. The average Bonchev–Trinajstić information content (AvgIpc) is 3.41. The molecule has 3 aromatic heterocycles. The van der Waals surface area contributed by atoms with Crippen LogP contribution in [0, 0.1) is 0 Å². The third-order valence-corrected chi connectivity index (χ3v) is 4.62. The Balaban J connectivity index is 1.44. The summed E-state index contributed by atoms with van der Waals surface area (Å²) in [5, 5.41) is 8.85. The van der Waals surface area contributed by atoms with Gasteiger partial charge in [-0.05, 0) is 25.0 Å². The van der Waals surface area contributed by atoms with Crippen molar-refractivity contribution < 1.29 is 14.1 Å². The van der Waals surface area contributed by atoms with E-state index in [4.69, 9.17) is 9.26 Å². The monoisotopic (exact) mass is 357 g/mol. The van der Waals surface area contributed by atoms with Crippen LogP contribution in [0.15, 0.2) is 34.4 Å². The van der Waals surface area contributed by atoms with E-state index in [1.54, 1.807) is 23.8 Å². The number of ether oxygens (including phenoxy) is 1. The molecule has 1 atom stereocenters. The van der Waals surface area contributed by atoms with Crippen molar-refractivity contribution >= 4 is 17.2 Å². The molecule has 1 aliphatic heterocycles. The van der Waals surface area contributed by atoms with Crippen molar-refractivity contribution in [2.45, 2.75) is 18.9 Å². The molecule has 0 spiro atoms. The number of nitrogens with one attached hydrogen (secondary N) is 1. The zero-order valence-electron chi connectivity index (χ0n) is 13.2. The zero-order valence-corrected chi connectivity index (χ0v) is 14.0. The predicted molar refractivity (Wildman–Crippen MR) is 89.9 cm³/mol. The second-order valence-electron chi connectivity index (χ2n) is 5.55. The lowest BCUT2D eigenvalue weighted by Gasteiger charge is -2.09. The van der Waals surface area contributed by atoms with Gasteiger partial charge in [0, 0.05) is 36.5 Å². The van der Waals surface area contributed by atoms with Crippen molar-refractivity contribution in [1.82, 2.24) is 25.4 Å². The average molecular weight is 357 g/mol. The van der Waals surface area contributed by atoms with Gasteiger partial charge in [0.05, 0.1) is 6.10 Å². The Labute approximate surface area is 147 Å². The van der Waals surface area contributed by atoms with Gasteiger partial charge in [-0.2, -0.15) is 4.98 Å². The fourth-order valence-electron chi connectivity index (χ4n) is 2.50. The van der Waals surface area contributed by atoms with Crippen molar-refractivity contribution in [1.29, 1.82) is 0 Å². The van der Waals surface area contributed by atoms with Crippen molar-refractivity contribution in [2.24, 2.45) is 0 Å². The maximum Gasteiger partial charge on any atom is 0.280 e. The number of hydrogen-bond acceptors (Lipinski definition) is 8. The molecule has 4 rings (SSSR count). The Morgan fingerprint density at radius 3 is 3.16 bits per heavy atom. The fraction of sp³-hybridized carbons (Fsp3) is 0.312. The summed E-state index contributed by atoms with van der Waals surface area (Å²) in [5.74, 6) is 0.479. The molecule has 0 aromatic carbocycles. The van der Waals surface area contributed by atoms with Gasteiger partial charge in [0.2, 0.25) is 5.82 Å². The van der Waals surface area contributed by atoms with Crippen LogP contribution in [0.4, 0.5) is 0 Å². The SMILES string of the molecule is O=C(NC[C@H]1CCCO1)c1nc(-c2nc(-c3cccnc3)no2)cs1. The highest BCUT2D eigenvalue weighted by Crippen LogP contribution is 2.23. The first-order chi connectivity index (χ1) is 12.3. The Kier molecular flexibility index (Phi) is 4.49. The van der Waals surface area contributed by atoms with E-state index >= 15 is 0 Å². The highest BCUT2D eigenvalue weighted by atomic mass is 32.1. The van der Waals surface area contributed by atoms with Gasteiger partial charge in [0.25, 0.3) is 11.8 Å². The third-order valence-electron chi connectivity index (χ3n) is 3.78. The smallest absolute Gasteiger partial charge is 0.280 e. The van der Waals surface area contributed by atoms with E-state index in [2.05, 4.69) is 25.4 Å². The first-order valence-electron chi connectivity index (χ1n) is 7.89. The quantitative estimate of drug-likeness (QED) is 0.746. The minimum absolute atomic E-state index is 0.0985. The second-order valence-corrected chi connectivity index (χ2v) is 6.41. The number of aromatic nitrogens is 4. The van der Waals surface area contributed by atoms with E-state index in [-0.39, 0.29) is 17.9 Å². The number of carbonyl (C=O) groups excluding carboxylic acids is 1. The normalized spacial score (nSPS) is 16.9. The Bertz CT molecular complexity index is 858. The summed E-state index contributed by atoms with van der Waals surface area (Å²) in [4.78, 5) is 24.8. The summed E-state index contributed by atoms with van der Waals surface area (Å²) in [6, 6.07) is 3.64. The van der Waals surface area contributed by atoms with Gasteiger partial charge in [-0.25, -0.2) is 4.98 Å². The molecule has 1 saturated heterocycles. The molecule has 25 heavy (non-hydrogen) atoms. The van der Waals surface area contributed by atoms with Gasteiger partial charge in [0.15, 0.2) is 5.01 Å².